The van der Waals surface area contributed by atoms with Crippen LogP contribution in [0, 0.1) is 0 Å². The van der Waals surface area contributed by atoms with Crippen LogP contribution in [0.5, 0.6) is 0 Å². The van der Waals surface area contributed by atoms with Gasteiger partial charge in [-0.15, -0.1) is 0 Å². The standard InChI is InChI=1S/C13H20N2O4S/c1-10(2)15(9-13(16)19-4)11-7-5-6-8-12(11)20(17,18)14-3/h5-8,10,14H,9H2,1-4H3. The van der Waals surface area contributed by atoms with Crippen LogP contribution in [0.3, 0.4) is 0 Å². The van der Waals surface area contributed by atoms with E-state index in [-0.39, 0.29) is 17.5 Å². The lowest BCUT2D eigenvalue weighted by atomic mass is 10.2. The lowest BCUT2D eigenvalue weighted by molar-refractivity contribution is -0.139. The van der Waals surface area contributed by atoms with Crippen LogP contribution in [-0.2, 0) is 19.6 Å². The quantitative estimate of drug-likeness (QED) is 0.793. The number of methoxy groups -OCH3 is 1. The molecule has 0 atom stereocenters. The molecule has 20 heavy (non-hydrogen) atoms. The van der Waals surface area contributed by atoms with Crippen LogP contribution in [0.2, 0.25) is 0 Å². The van der Waals surface area contributed by atoms with E-state index in [0.717, 1.165) is 0 Å². The smallest absolute Gasteiger partial charge is 0.325 e. The first kappa shape index (κ1) is 16.5. The fourth-order valence-electron chi connectivity index (χ4n) is 1.78. The Hall–Kier alpha value is -1.60. The van der Waals surface area contributed by atoms with E-state index in [0.29, 0.717) is 5.69 Å². The molecule has 1 aromatic rings. The maximum Gasteiger partial charge on any atom is 0.325 e. The van der Waals surface area contributed by atoms with Crippen molar-refractivity contribution in [3.63, 3.8) is 0 Å². The second kappa shape index (κ2) is 6.71. The van der Waals surface area contributed by atoms with Crippen LogP contribution in [0.15, 0.2) is 29.2 Å². The average molecular weight is 300 g/mol. The molecule has 112 valence electrons. The minimum Gasteiger partial charge on any atom is -0.468 e. The molecule has 0 saturated heterocycles. The summed E-state index contributed by atoms with van der Waals surface area (Å²) in [6.45, 7) is 3.75. The van der Waals surface area contributed by atoms with Gasteiger partial charge in [-0.3, -0.25) is 4.79 Å². The SMILES string of the molecule is CNS(=O)(=O)c1ccccc1N(CC(=O)OC)C(C)C. The van der Waals surface area contributed by atoms with Gasteiger partial charge in [-0.1, -0.05) is 12.1 Å². The van der Waals surface area contributed by atoms with Crippen molar-refractivity contribution in [1.82, 2.24) is 4.72 Å². The van der Waals surface area contributed by atoms with Crippen molar-refractivity contribution >= 4 is 21.7 Å². The molecule has 0 spiro atoms. The van der Waals surface area contributed by atoms with Gasteiger partial charge in [0.05, 0.1) is 12.8 Å². The number of nitrogens with one attached hydrogen (secondary N) is 1. The lowest BCUT2D eigenvalue weighted by Crippen LogP contribution is -2.37. The number of rotatable bonds is 6. The number of esters is 1. The number of carbonyl (C=O) groups excluding carboxylic acids is 1. The maximum atomic E-state index is 12.1. The van der Waals surface area contributed by atoms with Crippen molar-refractivity contribution in [3.8, 4) is 0 Å². The van der Waals surface area contributed by atoms with E-state index in [1.165, 1.54) is 20.2 Å². The van der Waals surface area contributed by atoms with Crippen molar-refractivity contribution in [1.29, 1.82) is 0 Å². The summed E-state index contributed by atoms with van der Waals surface area (Å²) < 4.78 is 31.0. The number of hydrogen-bond donors (Lipinski definition) is 1. The first-order valence-electron chi connectivity index (χ1n) is 6.19. The predicted octanol–water partition coefficient (Wildman–Crippen LogP) is 0.982. The third-order valence-electron chi connectivity index (χ3n) is 2.88. The summed E-state index contributed by atoms with van der Waals surface area (Å²) in [5.74, 6) is -0.421. The minimum atomic E-state index is -3.59. The molecular formula is C13H20N2O4S. The molecular weight excluding hydrogens is 280 g/mol. The van der Waals surface area contributed by atoms with Crippen LogP contribution in [0.4, 0.5) is 5.69 Å². The zero-order valence-electron chi connectivity index (χ0n) is 12.1. The Morgan fingerprint density at radius 2 is 1.95 bits per heavy atom. The van der Waals surface area contributed by atoms with E-state index in [2.05, 4.69) is 9.46 Å². The zero-order valence-corrected chi connectivity index (χ0v) is 12.9. The molecule has 0 heterocycles. The fraction of sp³-hybridized carbons (Fsp3) is 0.462. The van der Waals surface area contributed by atoms with Gasteiger partial charge < -0.3 is 9.64 Å². The molecule has 0 aromatic heterocycles. The van der Waals surface area contributed by atoms with E-state index < -0.39 is 16.0 Å². The van der Waals surface area contributed by atoms with Crippen molar-refractivity contribution < 1.29 is 17.9 Å². The number of hydrogen-bond acceptors (Lipinski definition) is 5. The first-order chi connectivity index (χ1) is 9.33. The second-order valence-corrected chi connectivity index (χ2v) is 6.33. The Kier molecular flexibility index (Phi) is 5.52. The van der Waals surface area contributed by atoms with Crippen molar-refractivity contribution in [2.24, 2.45) is 0 Å². The summed E-state index contributed by atoms with van der Waals surface area (Å²) >= 11 is 0. The van der Waals surface area contributed by atoms with Crippen molar-refractivity contribution in [3.05, 3.63) is 24.3 Å². The van der Waals surface area contributed by atoms with Crippen molar-refractivity contribution in [2.75, 3.05) is 25.6 Å². The van der Waals surface area contributed by atoms with E-state index in [1.807, 2.05) is 13.8 Å². The molecule has 0 aliphatic carbocycles. The highest BCUT2D eigenvalue weighted by molar-refractivity contribution is 7.89. The van der Waals surface area contributed by atoms with Gasteiger partial charge in [-0.2, -0.15) is 0 Å². The van der Waals surface area contributed by atoms with Crippen molar-refractivity contribution in [2.45, 2.75) is 24.8 Å². The van der Waals surface area contributed by atoms with Crippen LogP contribution < -0.4 is 9.62 Å². The number of para-hydroxylation sites is 1. The summed E-state index contributed by atoms with van der Waals surface area (Å²) in [4.78, 5) is 13.3. The number of carbonyl (C=O) groups is 1. The summed E-state index contributed by atoms with van der Waals surface area (Å²) in [6.07, 6.45) is 0. The highest BCUT2D eigenvalue weighted by Gasteiger charge is 2.23. The number of ether oxygens (including phenoxy) is 1. The Morgan fingerprint density at radius 3 is 2.45 bits per heavy atom. The summed E-state index contributed by atoms with van der Waals surface area (Å²) in [5.41, 5.74) is 0.474. The average Bonchev–Trinajstić information content (AvgIpc) is 2.44. The van der Waals surface area contributed by atoms with Gasteiger partial charge in [-0.05, 0) is 33.0 Å². The monoisotopic (exact) mass is 300 g/mol. The Balaban J connectivity index is 3.31. The molecule has 1 aromatic carbocycles. The molecule has 0 bridgehead atoms. The van der Waals surface area contributed by atoms with E-state index >= 15 is 0 Å². The summed E-state index contributed by atoms with van der Waals surface area (Å²) in [6, 6.07) is 6.50. The van der Waals surface area contributed by atoms with Gasteiger partial charge in [0.15, 0.2) is 0 Å². The molecule has 0 amide bonds. The van der Waals surface area contributed by atoms with Crippen LogP contribution >= 0.6 is 0 Å². The molecule has 0 saturated carbocycles. The summed E-state index contributed by atoms with van der Waals surface area (Å²) in [5, 5.41) is 0. The number of nitrogens with zero attached hydrogens (tertiary/aromatic N) is 1. The molecule has 0 aliphatic rings. The summed E-state index contributed by atoms with van der Waals surface area (Å²) in [7, 11) is -0.938. The normalized spacial score (nSPS) is 11.4. The molecule has 6 nitrogen and oxygen atoms in total. The number of sulfonamides is 1. The van der Waals surface area contributed by atoms with Gasteiger partial charge >= 0.3 is 5.97 Å². The maximum absolute atomic E-state index is 12.1. The third kappa shape index (κ3) is 3.71. The Labute approximate surface area is 119 Å². The number of anilines is 1. The van der Waals surface area contributed by atoms with E-state index in [1.54, 1.807) is 23.1 Å². The predicted molar refractivity (Wildman–Crippen MR) is 77.2 cm³/mol. The molecule has 0 aliphatic heterocycles. The number of benzene rings is 1. The highest BCUT2D eigenvalue weighted by atomic mass is 32.2. The first-order valence-corrected chi connectivity index (χ1v) is 7.67. The largest absolute Gasteiger partial charge is 0.468 e. The Bertz CT molecular complexity index is 569. The minimum absolute atomic E-state index is 0.00951. The second-order valence-electron chi connectivity index (χ2n) is 4.47. The highest BCUT2D eigenvalue weighted by Crippen LogP contribution is 2.26. The van der Waals surface area contributed by atoms with Crippen LogP contribution in [0.1, 0.15) is 13.8 Å². The molecule has 7 heteroatoms. The molecule has 0 fully saturated rings. The molecule has 1 rings (SSSR count). The van der Waals surface area contributed by atoms with Gasteiger partial charge in [-0.25, -0.2) is 13.1 Å². The van der Waals surface area contributed by atoms with Gasteiger partial charge in [0.25, 0.3) is 0 Å². The topological polar surface area (TPSA) is 75.7 Å². The van der Waals surface area contributed by atoms with Gasteiger partial charge in [0.1, 0.15) is 11.4 Å². The third-order valence-corrected chi connectivity index (χ3v) is 4.35. The fourth-order valence-corrected chi connectivity index (χ4v) is 2.72. The van der Waals surface area contributed by atoms with E-state index in [9.17, 15) is 13.2 Å². The van der Waals surface area contributed by atoms with Crippen LogP contribution in [-0.4, -0.2) is 41.1 Å². The van der Waals surface area contributed by atoms with Crippen LogP contribution in [0.25, 0.3) is 0 Å². The lowest BCUT2D eigenvalue weighted by Gasteiger charge is -2.29. The van der Waals surface area contributed by atoms with E-state index in [4.69, 9.17) is 0 Å². The van der Waals surface area contributed by atoms with Gasteiger partial charge in [0, 0.05) is 6.04 Å². The molecule has 0 radical (unpaired) electrons. The molecule has 1 N–H and O–H groups in total. The molecule has 0 unspecified atom stereocenters. The van der Waals surface area contributed by atoms with Gasteiger partial charge in [0.2, 0.25) is 10.0 Å². The Morgan fingerprint density at radius 1 is 1.35 bits per heavy atom. The zero-order chi connectivity index (χ0) is 15.3.